The van der Waals surface area contributed by atoms with E-state index in [1.54, 1.807) is 11.3 Å². The molecule has 0 spiro atoms. The lowest BCUT2D eigenvalue weighted by Crippen LogP contribution is -2.32. The molecular formula is C11H18ClNS2. The van der Waals surface area contributed by atoms with Gasteiger partial charge in [-0.2, -0.15) is 11.8 Å². The molecule has 1 nitrogen and oxygen atoms in total. The summed E-state index contributed by atoms with van der Waals surface area (Å²) in [7, 11) is 0. The number of rotatable bonds is 6. The number of hydrogen-bond acceptors (Lipinski definition) is 3. The van der Waals surface area contributed by atoms with Gasteiger partial charge in [-0.3, -0.25) is 0 Å². The minimum Gasteiger partial charge on any atom is -0.307 e. The van der Waals surface area contributed by atoms with E-state index in [-0.39, 0.29) is 0 Å². The van der Waals surface area contributed by atoms with Crippen LogP contribution in [0.3, 0.4) is 0 Å². The van der Waals surface area contributed by atoms with Gasteiger partial charge in [0.1, 0.15) is 0 Å². The highest BCUT2D eigenvalue weighted by Crippen LogP contribution is 2.25. The Morgan fingerprint density at radius 3 is 2.80 bits per heavy atom. The van der Waals surface area contributed by atoms with Gasteiger partial charge in [0, 0.05) is 17.8 Å². The van der Waals surface area contributed by atoms with E-state index in [2.05, 4.69) is 36.9 Å². The average molecular weight is 264 g/mol. The molecule has 86 valence electrons. The molecule has 0 saturated carbocycles. The van der Waals surface area contributed by atoms with Crippen LogP contribution in [0.25, 0.3) is 0 Å². The standard InChI is InChI=1S/C11H18ClNS2/c1-4-10(7-14-3)13-8(2)9-5-11(12)15-6-9/h5-6,8,10,13H,4,7H2,1-3H3. The number of nitrogens with one attached hydrogen (secondary N) is 1. The van der Waals surface area contributed by atoms with Gasteiger partial charge < -0.3 is 5.32 Å². The van der Waals surface area contributed by atoms with Gasteiger partial charge in [-0.05, 0) is 36.6 Å². The number of hydrogen-bond donors (Lipinski definition) is 1. The molecule has 2 atom stereocenters. The monoisotopic (exact) mass is 263 g/mol. The van der Waals surface area contributed by atoms with Crippen molar-refractivity contribution >= 4 is 34.7 Å². The average Bonchev–Trinajstić information content (AvgIpc) is 2.64. The first-order valence-electron chi connectivity index (χ1n) is 5.16. The van der Waals surface area contributed by atoms with Gasteiger partial charge in [0.05, 0.1) is 4.34 Å². The fourth-order valence-electron chi connectivity index (χ4n) is 1.49. The van der Waals surface area contributed by atoms with Gasteiger partial charge in [0.15, 0.2) is 0 Å². The molecular weight excluding hydrogens is 246 g/mol. The van der Waals surface area contributed by atoms with Crippen LogP contribution in [-0.2, 0) is 0 Å². The highest BCUT2D eigenvalue weighted by Gasteiger charge is 2.12. The summed E-state index contributed by atoms with van der Waals surface area (Å²) in [6.07, 6.45) is 3.32. The third-order valence-electron chi connectivity index (χ3n) is 2.43. The maximum atomic E-state index is 5.92. The van der Waals surface area contributed by atoms with E-state index in [4.69, 9.17) is 11.6 Å². The molecule has 0 aliphatic carbocycles. The van der Waals surface area contributed by atoms with E-state index in [0.717, 1.165) is 4.34 Å². The molecule has 0 bridgehead atoms. The minimum absolute atomic E-state index is 0.394. The SMILES string of the molecule is CCC(CSC)NC(C)c1csc(Cl)c1. The van der Waals surface area contributed by atoms with E-state index >= 15 is 0 Å². The first-order valence-corrected chi connectivity index (χ1v) is 7.81. The first-order chi connectivity index (χ1) is 7.17. The molecule has 0 aliphatic heterocycles. The summed E-state index contributed by atoms with van der Waals surface area (Å²) in [5.74, 6) is 1.17. The number of thioether (sulfide) groups is 1. The quantitative estimate of drug-likeness (QED) is 0.826. The highest BCUT2D eigenvalue weighted by molar-refractivity contribution is 7.98. The van der Waals surface area contributed by atoms with E-state index in [1.165, 1.54) is 17.7 Å². The lowest BCUT2D eigenvalue weighted by atomic mass is 10.1. The molecule has 15 heavy (non-hydrogen) atoms. The highest BCUT2D eigenvalue weighted by atomic mass is 35.5. The van der Waals surface area contributed by atoms with Crippen LogP contribution in [0, 0.1) is 0 Å². The minimum atomic E-state index is 0.394. The Morgan fingerprint density at radius 1 is 1.60 bits per heavy atom. The Balaban J connectivity index is 2.50. The van der Waals surface area contributed by atoms with Crippen LogP contribution in [0.5, 0.6) is 0 Å². The van der Waals surface area contributed by atoms with Gasteiger partial charge >= 0.3 is 0 Å². The maximum absolute atomic E-state index is 5.92. The summed E-state index contributed by atoms with van der Waals surface area (Å²) in [5.41, 5.74) is 1.30. The van der Waals surface area contributed by atoms with Crippen LogP contribution in [0.4, 0.5) is 0 Å². The third kappa shape index (κ3) is 4.35. The smallest absolute Gasteiger partial charge is 0.0931 e. The van der Waals surface area contributed by atoms with Crippen molar-refractivity contribution in [1.29, 1.82) is 0 Å². The maximum Gasteiger partial charge on any atom is 0.0931 e. The van der Waals surface area contributed by atoms with Crippen molar-refractivity contribution < 1.29 is 0 Å². The van der Waals surface area contributed by atoms with E-state index < -0.39 is 0 Å². The second kappa shape index (κ2) is 6.79. The van der Waals surface area contributed by atoms with Gasteiger partial charge in [-0.1, -0.05) is 18.5 Å². The zero-order chi connectivity index (χ0) is 11.3. The van der Waals surface area contributed by atoms with Gasteiger partial charge in [-0.25, -0.2) is 0 Å². The molecule has 0 fully saturated rings. The summed E-state index contributed by atoms with van der Waals surface area (Å²) in [5, 5.41) is 5.76. The Hall–Kier alpha value is 0.300. The van der Waals surface area contributed by atoms with E-state index in [1.807, 2.05) is 11.8 Å². The topological polar surface area (TPSA) is 12.0 Å². The lowest BCUT2D eigenvalue weighted by molar-refractivity contribution is 0.475. The second-order valence-corrected chi connectivity index (χ2v) is 6.09. The molecule has 0 radical (unpaired) electrons. The molecule has 0 saturated heterocycles. The normalized spacial score (nSPS) is 15.2. The second-order valence-electron chi connectivity index (χ2n) is 3.63. The molecule has 1 heterocycles. The first kappa shape index (κ1) is 13.4. The van der Waals surface area contributed by atoms with Crippen molar-refractivity contribution in [2.45, 2.75) is 32.4 Å². The number of halogens is 1. The van der Waals surface area contributed by atoms with Crippen LogP contribution in [0.2, 0.25) is 4.34 Å². The summed E-state index contributed by atoms with van der Waals surface area (Å²) in [4.78, 5) is 0. The summed E-state index contributed by atoms with van der Waals surface area (Å²) >= 11 is 9.41. The van der Waals surface area contributed by atoms with Crippen LogP contribution in [0.15, 0.2) is 11.4 Å². The summed E-state index contributed by atoms with van der Waals surface area (Å²) in [6.45, 7) is 4.42. The fourth-order valence-corrected chi connectivity index (χ4v) is 3.20. The zero-order valence-electron chi connectivity index (χ0n) is 9.42. The molecule has 1 N–H and O–H groups in total. The predicted octanol–water partition coefficient (Wildman–Crippen LogP) is 4.19. The van der Waals surface area contributed by atoms with Crippen molar-refractivity contribution in [3.05, 3.63) is 21.3 Å². The molecule has 0 aliphatic rings. The molecule has 1 rings (SSSR count). The van der Waals surface area contributed by atoms with Crippen LogP contribution < -0.4 is 5.32 Å². The van der Waals surface area contributed by atoms with Gasteiger partial charge in [0.2, 0.25) is 0 Å². The summed E-state index contributed by atoms with van der Waals surface area (Å²) in [6, 6.07) is 3.04. The zero-order valence-corrected chi connectivity index (χ0v) is 11.8. The van der Waals surface area contributed by atoms with Gasteiger partial charge in [-0.15, -0.1) is 11.3 Å². The van der Waals surface area contributed by atoms with Crippen LogP contribution >= 0.6 is 34.7 Å². The van der Waals surface area contributed by atoms with Crippen molar-refractivity contribution in [3.8, 4) is 0 Å². The largest absolute Gasteiger partial charge is 0.307 e. The number of thiophene rings is 1. The van der Waals surface area contributed by atoms with E-state index in [9.17, 15) is 0 Å². The molecule has 1 aromatic rings. The van der Waals surface area contributed by atoms with Crippen molar-refractivity contribution in [2.24, 2.45) is 0 Å². The Morgan fingerprint density at radius 2 is 2.33 bits per heavy atom. The molecule has 2 unspecified atom stereocenters. The lowest BCUT2D eigenvalue weighted by Gasteiger charge is -2.21. The molecule has 0 amide bonds. The Bertz CT molecular complexity index is 288. The van der Waals surface area contributed by atoms with Crippen molar-refractivity contribution in [2.75, 3.05) is 12.0 Å². The third-order valence-corrected chi connectivity index (χ3v) is 4.28. The van der Waals surface area contributed by atoms with Crippen LogP contribution in [0.1, 0.15) is 31.9 Å². The molecule has 0 aromatic carbocycles. The van der Waals surface area contributed by atoms with Crippen molar-refractivity contribution in [3.63, 3.8) is 0 Å². The van der Waals surface area contributed by atoms with Gasteiger partial charge in [0.25, 0.3) is 0 Å². The van der Waals surface area contributed by atoms with Crippen molar-refractivity contribution in [1.82, 2.24) is 5.32 Å². The van der Waals surface area contributed by atoms with E-state index in [0.29, 0.717) is 12.1 Å². The van der Waals surface area contributed by atoms with Crippen LogP contribution in [-0.4, -0.2) is 18.1 Å². The molecule has 1 aromatic heterocycles. The predicted molar refractivity (Wildman–Crippen MR) is 73.3 cm³/mol. The Kier molecular flexibility index (Phi) is 6.05. The summed E-state index contributed by atoms with van der Waals surface area (Å²) < 4.78 is 0.872. The Labute approximate surface area is 106 Å². The fraction of sp³-hybridized carbons (Fsp3) is 0.636. The molecule has 4 heteroatoms.